The van der Waals surface area contributed by atoms with Gasteiger partial charge in [0, 0.05) is 11.9 Å². The Kier molecular flexibility index (Phi) is 3.80. The minimum Gasteiger partial charge on any atom is -0.315 e. The molecular weight excluding hydrogens is 133 g/mol. The Bertz CT molecular complexity index is 43.0. The standard InChI is InChI=1S/C4H8ClN.ClH/c5-4-1-2-6-3-4;/h4,6H,1-3H2;1H/t4-;/m0./s1. The average molecular weight is 142 g/mol. The van der Waals surface area contributed by atoms with Gasteiger partial charge in [0.15, 0.2) is 0 Å². The Morgan fingerprint density at radius 1 is 1.57 bits per heavy atom. The van der Waals surface area contributed by atoms with Gasteiger partial charge in [0.2, 0.25) is 0 Å². The molecule has 1 fully saturated rings. The maximum atomic E-state index is 5.65. The first-order chi connectivity index (χ1) is 2.89. The highest BCUT2D eigenvalue weighted by atomic mass is 35.5. The molecule has 1 aliphatic heterocycles. The quantitative estimate of drug-likeness (QED) is 0.497. The first-order valence-corrected chi connectivity index (χ1v) is 2.68. The van der Waals surface area contributed by atoms with Gasteiger partial charge in [-0.15, -0.1) is 24.0 Å². The SMILES string of the molecule is Cl.Cl[C@H]1CCNC1. The van der Waals surface area contributed by atoms with E-state index >= 15 is 0 Å². The molecule has 0 amide bonds. The summed E-state index contributed by atoms with van der Waals surface area (Å²) in [6.07, 6.45) is 1.14. The van der Waals surface area contributed by atoms with Crippen molar-refractivity contribution < 1.29 is 0 Å². The molecule has 0 unspecified atom stereocenters. The summed E-state index contributed by atoms with van der Waals surface area (Å²) in [6.45, 7) is 2.11. The Morgan fingerprint density at radius 3 is 2.43 bits per heavy atom. The van der Waals surface area contributed by atoms with Gasteiger partial charge in [-0.05, 0) is 13.0 Å². The molecule has 0 aromatic rings. The molecule has 1 heterocycles. The van der Waals surface area contributed by atoms with Crippen molar-refractivity contribution in [1.82, 2.24) is 5.32 Å². The number of hydrogen-bond acceptors (Lipinski definition) is 1. The molecule has 3 heteroatoms. The van der Waals surface area contributed by atoms with E-state index in [0.29, 0.717) is 5.38 Å². The molecule has 0 bridgehead atoms. The van der Waals surface area contributed by atoms with Gasteiger partial charge in [-0.3, -0.25) is 0 Å². The van der Waals surface area contributed by atoms with Crippen LogP contribution in [0.4, 0.5) is 0 Å². The molecule has 0 spiro atoms. The first-order valence-electron chi connectivity index (χ1n) is 2.24. The van der Waals surface area contributed by atoms with Gasteiger partial charge in [-0.25, -0.2) is 0 Å². The van der Waals surface area contributed by atoms with Gasteiger partial charge in [0.1, 0.15) is 0 Å². The average Bonchev–Trinajstić information content (AvgIpc) is 1.86. The molecule has 1 N–H and O–H groups in total. The van der Waals surface area contributed by atoms with E-state index in [2.05, 4.69) is 5.32 Å². The Balaban J connectivity index is 0.000000360. The predicted octanol–water partition coefficient (Wildman–Crippen LogP) is 1.01. The lowest BCUT2D eigenvalue weighted by Crippen LogP contribution is -2.07. The highest BCUT2D eigenvalue weighted by molar-refractivity contribution is 6.20. The lowest BCUT2D eigenvalue weighted by molar-refractivity contribution is 0.858. The maximum Gasteiger partial charge on any atom is 0.0472 e. The smallest absolute Gasteiger partial charge is 0.0472 e. The van der Waals surface area contributed by atoms with Gasteiger partial charge in [0.25, 0.3) is 0 Å². The van der Waals surface area contributed by atoms with E-state index in [0.717, 1.165) is 19.5 Å². The summed E-state index contributed by atoms with van der Waals surface area (Å²) in [6, 6.07) is 0. The van der Waals surface area contributed by atoms with Crippen LogP contribution in [0.3, 0.4) is 0 Å². The zero-order valence-corrected chi connectivity index (χ0v) is 5.56. The molecule has 1 atom stereocenters. The molecule has 0 radical (unpaired) electrons. The van der Waals surface area contributed by atoms with Gasteiger partial charge in [-0.1, -0.05) is 0 Å². The summed E-state index contributed by atoms with van der Waals surface area (Å²) in [4.78, 5) is 0. The Morgan fingerprint density at radius 2 is 2.29 bits per heavy atom. The molecule has 1 saturated heterocycles. The normalized spacial score (nSPS) is 29.6. The van der Waals surface area contributed by atoms with Gasteiger partial charge >= 0.3 is 0 Å². The fourth-order valence-electron chi connectivity index (χ4n) is 0.619. The number of hydrogen-bond donors (Lipinski definition) is 1. The van der Waals surface area contributed by atoms with E-state index in [1.807, 2.05) is 0 Å². The summed E-state index contributed by atoms with van der Waals surface area (Å²) in [5, 5.41) is 3.55. The highest BCUT2D eigenvalue weighted by Gasteiger charge is 2.08. The lowest BCUT2D eigenvalue weighted by Gasteiger charge is -1.87. The van der Waals surface area contributed by atoms with E-state index in [9.17, 15) is 0 Å². The monoisotopic (exact) mass is 141 g/mol. The molecule has 0 aliphatic carbocycles. The number of halogens is 2. The number of nitrogens with one attached hydrogen (secondary N) is 1. The zero-order valence-electron chi connectivity index (χ0n) is 3.98. The Labute approximate surface area is 54.8 Å². The van der Waals surface area contributed by atoms with Crippen molar-refractivity contribution in [2.45, 2.75) is 11.8 Å². The number of rotatable bonds is 0. The van der Waals surface area contributed by atoms with Crippen molar-refractivity contribution in [1.29, 1.82) is 0 Å². The van der Waals surface area contributed by atoms with E-state index in [1.54, 1.807) is 0 Å². The van der Waals surface area contributed by atoms with Crippen LogP contribution in [-0.4, -0.2) is 18.5 Å². The first kappa shape index (κ1) is 7.54. The summed E-state index contributed by atoms with van der Waals surface area (Å²) in [5.74, 6) is 0. The minimum atomic E-state index is 0. The van der Waals surface area contributed by atoms with Crippen LogP contribution >= 0.6 is 24.0 Å². The van der Waals surface area contributed by atoms with Crippen molar-refractivity contribution in [3.8, 4) is 0 Å². The molecule has 0 aromatic carbocycles. The molecule has 7 heavy (non-hydrogen) atoms. The summed E-state index contributed by atoms with van der Waals surface area (Å²) in [7, 11) is 0. The molecule has 44 valence electrons. The molecule has 0 aromatic heterocycles. The summed E-state index contributed by atoms with van der Waals surface area (Å²) < 4.78 is 0. The van der Waals surface area contributed by atoms with Gasteiger partial charge in [-0.2, -0.15) is 0 Å². The molecular formula is C4H9Cl2N. The van der Waals surface area contributed by atoms with Crippen LogP contribution in [-0.2, 0) is 0 Å². The predicted molar refractivity (Wildman–Crippen MR) is 34.4 cm³/mol. The third-order valence-corrected chi connectivity index (χ3v) is 1.37. The molecule has 0 saturated carbocycles. The molecule has 1 nitrogen and oxygen atoms in total. The molecule has 1 rings (SSSR count). The van der Waals surface area contributed by atoms with Crippen LogP contribution in [0.2, 0.25) is 0 Å². The van der Waals surface area contributed by atoms with Crippen LogP contribution in [0.25, 0.3) is 0 Å². The van der Waals surface area contributed by atoms with E-state index in [-0.39, 0.29) is 12.4 Å². The second-order valence-corrected chi connectivity index (χ2v) is 2.21. The van der Waals surface area contributed by atoms with Gasteiger partial charge in [0.05, 0.1) is 0 Å². The van der Waals surface area contributed by atoms with E-state index in [4.69, 9.17) is 11.6 Å². The fourth-order valence-corrected chi connectivity index (χ4v) is 0.838. The van der Waals surface area contributed by atoms with Crippen molar-refractivity contribution in [3.63, 3.8) is 0 Å². The largest absolute Gasteiger partial charge is 0.315 e. The van der Waals surface area contributed by atoms with Crippen LogP contribution in [0.15, 0.2) is 0 Å². The Hall–Kier alpha value is 0.540. The molecule has 1 aliphatic rings. The fraction of sp³-hybridized carbons (Fsp3) is 1.00. The second-order valence-electron chi connectivity index (χ2n) is 1.59. The van der Waals surface area contributed by atoms with Crippen molar-refractivity contribution in [2.75, 3.05) is 13.1 Å². The van der Waals surface area contributed by atoms with E-state index in [1.165, 1.54) is 0 Å². The number of alkyl halides is 1. The van der Waals surface area contributed by atoms with Crippen LogP contribution in [0.5, 0.6) is 0 Å². The second kappa shape index (κ2) is 3.53. The van der Waals surface area contributed by atoms with Crippen LogP contribution in [0.1, 0.15) is 6.42 Å². The van der Waals surface area contributed by atoms with Crippen molar-refractivity contribution in [3.05, 3.63) is 0 Å². The topological polar surface area (TPSA) is 12.0 Å². The van der Waals surface area contributed by atoms with Crippen LogP contribution < -0.4 is 5.32 Å². The highest BCUT2D eigenvalue weighted by Crippen LogP contribution is 2.03. The van der Waals surface area contributed by atoms with Gasteiger partial charge < -0.3 is 5.32 Å². The zero-order chi connectivity index (χ0) is 4.41. The van der Waals surface area contributed by atoms with Crippen molar-refractivity contribution in [2.24, 2.45) is 0 Å². The minimum absolute atomic E-state index is 0. The van der Waals surface area contributed by atoms with Crippen molar-refractivity contribution >= 4 is 24.0 Å². The van der Waals surface area contributed by atoms with E-state index < -0.39 is 0 Å². The lowest BCUT2D eigenvalue weighted by atomic mass is 10.4. The van der Waals surface area contributed by atoms with Crippen LogP contribution in [0, 0.1) is 0 Å². The third kappa shape index (κ3) is 2.37. The summed E-state index contributed by atoms with van der Waals surface area (Å²) in [5.41, 5.74) is 0. The maximum absolute atomic E-state index is 5.65. The summed E-state index contributed by atoms with van der Waals surface area (Å²) >= 11 is 5.65. The third-order valence-electron chi connectivity index (χ3n) is 1.00.